The lowest BCUT2D eigenvalue weighted by atomic mass is 9.89. The fourth-order valence-corrected chi connectivity index (χ4v) is 3.32. The first kappa shape index (κ1) is 12.1. The van der Waals surface area contributed by atoms with Gasteiger partial charge in [-0.15, -0.1) is 0 Å². The lowest BCUT2D eigenvalue weighted by Crippen LogP contribution is -2.38. The van der Waals surface area contributed by atoms with Crippen LogP contribution in [0.5, 0.6) is 0 Å². The molecule has 7 nitrogen and oxygen atoms in total. The minimum Gasteiger partial charge on any atom is -0.369 e. The number of aromatic nitrogens is 2. The van der Waals surface area contributed by atoms with Crippen LogP contribution in [0.15, 0.2) is 17.3 Å². The van der Waals surface area contributed by atoms with Gasteiger partial charge in [0.25, 0.3) is 10.0 Å². The summed E-state index contributed by atoms with van der Waals surface area (Å²) in [5.41, 5.74) is 4.49. The van der Waals surface area contributed by atoms with Crippen LogP contribution in [0.4, 0.5) is 0 Å². The maximum absolute atomic E-state index is 12.1. The first-order valence-electron chi connectivity index (χ1n) is 5.16. The summed E-state index contributed by atoms with van der Waals surface area (Å²) in [5, 5.41) is 6.06. The fraction of sp³-hybridized carbons (Fsp3) is 0.556. The van der Waals surface area contributed by atoms with E-state index in [0.29, 0.717) is 13.0 Å². The van der Waals surface area contributed by atoms with Gasteiger partial charge in [0.05, 0.1) is 11.6 Å². The predicted molar refractivity (Wildman–Crippen MR) is 59.3 cm³/mol. The summed E-state index contributed by atoms with van der Waals surface area (Å²) >= 11 is 0. The second kappa shape index (κ2) is 3.81. The monoisotopic (exact) mass is 258 g/mol. The Hall–Kier alpha value is -1.41. The van der Waals surface area contributed by atoms with E-state index in [1.807, 2.05) is 0 Å². The van der Waals surface area contributed by atoms with Crippen LogP contribution in [0.25, 0.3) is 0 Å². The Morgan fingerprint density at radius 1 is 1.65 bits per heavy atom. The number of carbonyl (C=O) groups excluding carboxylic acids is 1. The lowest BCUT2D eigenvalue weighted by molar-refractivity contribution is -0.126. The van der Waals surface area contributed by atoms with Crippen LogP contribution in [0.1, 0.15) is 13.3 Å². The topological polar surface area (TPSA) is 109 Å². The molecule has 1 fully saturated rings. The molecule has 1 amide bonds. The third kappa shape index (κ3) is 1.93. The summed E-state index contributed by atoms with van der Waals surface area (Å²) in [6.45, 7) is 2.09. The maximum Gasteiger partial charge on any atom is 0.259 e. The highest BCUT2D eigenvalue weighted by Crippen LogP contribution is 2.32. The Morgan fingerprint density at radius 3 is 2.82 bits per heavy atom. The van der Waals surface area contributed by atoms with Crippen LogP contribution in [0.3, 0.4) is 0 Å². The molecule has 2 heterocycles. The number of amides is 1. The maximum atomic E-state index is 12.1. The SMILES string of the molecule is CC1(C(N)=O)CCN(S(=O)(=O)c2ccn[nH]2)C1. The van der Waals surface area contributed by atoms with Gasteiger partial charge in [0.15, 0.2) is 5.03 Å². The molecule has 2 rings (SSSR count). The average Bonchev–Trinajstić information content (AvgIpc) is 2.86. The molecule has 1 aliphatic heterocycles. The molecule has 0 saturated carbocycles. The first-order chi connectivity index (χ1) is 7.86. The van der Waals surface area contributed by atoms with Crippen molar-refractivity contribution >= 4 is 15.9 Å². The van der Waals surface area contributed by atoms with Crippen molar-refractivity contribution in [1.29, 1.82) is 0 Å². The number of rotatable bonds is 3. The second-order valence-electron chi connectivity index (χ2n) is 4.43. The smallest absolute Gasteiger partial charge is 0.259 e. The largest absolute Gasteiger partial charge is 0.369 e. The predicted octanol–water partition coefficient (Wildman–Crippen LogP) is -0.704. The fourth-order valence-electron chi connectivity index (χ4n) is 1.85. The number of primary amides is 1. The van der Waals surface area contributed by atoms with Gasteiger partial charge >= 0.3 is 0 Å². The molecule has 0 spiro atoms. The third-order valence-corrected chi connectivity index (χ3v) is 4.90. The van der Waals surface area contributed by atoms with E-state index >= 15 is 0 Å². The van der Waals surface area contributed by atoms with Gasteiger partial charge in [-0.3, -0.25) is 9.89 Å². The van der Waals surface area contributed by atoms with Crippen molar-refractivity contribution in [1.82, 2.24) is 14.5 Å². The number of hydrogen-bond acceptors (Lipinski definition) is 4. The van der Waals surface area contributed by atoms with Gasteiger partial charge in [0.1, 0.15) is 0 Å². The minimum absolute atomic E-state index is 0.0335. The van der Waals surface area contributed by atoms with Crippen LogP contribution >= 0.6 is 0 Å². The van der Waals surface area contributed by atoms with Crippen molar-refractivity contribution < 1.29 is 13.2 Å². The van der Waals surface area contributed by atoms with Gasteiger partial charge in [0, 0.05) is 13.1 Å². The van der Waals surface area contributed by atoms with Gasteiger partial charge in [0.2, 0.25) is 5.91 Å². The van der Waals surface area contributed by atoms with Gasteiger partial charge in [-0.2, -0.15) is 9.40 Å². The molecule has 1 atom stereocenters. The minimum atomic E-state index is -3.59. The number of nitrogens with zero attached hydrogens (tertiary/aromatic N) is 2. The Labute approximate surface area is 99.0 Å². The molecule has 0 aliphatic carbocycles. The van der Waals surface area contributed by atoms with E-state index in [0.717, 1.165) is 0 Å². The zero-order valence-electron chi connectivity index (χ0n) is 9.38. The summed E-state index contributed by atoms with van der Waals surface area (Å²) in [4.78, 5) is 11.3. The van der Waals surface area contributed by atoms with E-state index in [-0.39, 0.29) is 11.6 Å². The Balaban J connectivity index is 2.25. The quantitative estimate of drug-likeness (QED) is 0.746. The van der Waals surface area contributed by atoms with Crippen LogP contribution in [-0.2, 0) is 14.8 Å². The Kier molecular flexibility index (Phi) is 2.70. The molecule has 1 aromatic heterocycles. The number of sulfonamides is 1. The molecular formula is C9H14N4O3S. The van der Waals surface area contributed by atoms with Gasteiger partial charge in [-0.25, -0.2) is 8.42 Å². The highest BCUT2D eigenvalue weighted by atomic mass is 32.2. The summed E-state index contributed by atoms with van der Waals surface area (Å²) in [5.74, 6) is -0.472. The van der Waals surface area contributed by atoms with Crippen molar-refractivity contribution in [2.45, 2.75) is 18.4 Å². The molecule has 1 aliphatic rings. The van der Waals surface area contributed by atoms with Gasteiger partial charge in [-0.1, -0.05) is 0 Å². The molecule has 0 bridgehead atoms. The highest BCUT2D eigenvalue weighted by molar-refractivity contribution is 7.89. The van der Waals surface area contributed by atoms with E-state index in [1.165, 1.54) is 16.6 Å². The summed E-state index contributed by atoms with van der Waals surface area (Å²) in [6.07, 6.45) is 1.81. The van der Waals surface area contributed by atoms with E-state index in [2.05, 4.69) is 10.2 Å². The van der Waals surface area contributed by atoms with Crippen molar-refractivity contribution in [2.24, 2.45) is 11.1 Å². The van der Waals surface area contributed by atoms with Crippen molar-refractivity contribution in [3.63, 3.8) is 0 Å². The molecular weight excluding hydrogens is 244 g/mol. The molecule has 1 aromatic rings. The lowest BCUT2D eigenvalue weighted by Gasteiger charge is -2.20. The number of nitrogens with one attached hydrogen (secondary N) is 1. The highest BCUT2D eigenvalue weighted by Gasteiger charge is 2.43. The van der Waals surface area contributed by atoms with Gasteiger partial charge < -0.3 is 5.73 Å². The third-order valence-electron chi connectivity index (χ3n) is 3.13. The number of hydrogen-bond donors (Lipinski definition) is 2. The molecule has 94 valence electrons. The van der Waals surface area contributed by atoms with Crippen LogP contribution in [-0.4, -0.2) is 41.9 Å². The Bertz CT molecular complexity index is 524. The Morgan fingerprint density at radius 2 is 2.35 bits per heavy atom. The summed E-state index contributed by atoms with van der Waals surface area (Å²) < 4.78 is 25.5. The van der Waals surface area contributed by atoms with Crippen molar-refractivity contribution in [3.05, 3.63) is 12.3 Å². The first-order valence-corrected chi connectivity index (χ1v) is 6.60. The average molecular weight is 258 g/mol. The summed E-state index contributed by atoms with van der Waals surface area (Å²) in [6, 6.07) is 1.38. The number of nitrogens with two attached hydrogens (primary N) is 1. The zero-order chi connectivity index (χ0) is 12.7. The molecule has 0 radical (unpaired) electrons. The number of aromatic amines is 1. The van der Waals surface area contributed by atoms with E-state index in [1.54, 1.807) is 6.92 Å². The number of H-pyrrole nitrogens is 1. The van der Waals surface area contributed by atoms with Crippen molar-refractivity contribution in [3.8, 4) is 0 Å². The molecule has 8 heteroatoms. The van der Waals surface area contributed by atoms with E-state index in [9.17, 15) is 13.2 Å². The normalized spacial score (nSPS) is 26.2. The zero-order valence-corrected chi connectivity index (χ0v) is 10.2. The summed E-state index contributed by atoms with van der Waals surface area (Å²) in [7, 11) is -3.59. The molecule has 1 unspecified atom stereocenters. The molecule has 17 heavy (non-hydrogen) atoms. The molecule has 1 saturated heterocycles. The molecule has 0 aromatic carbocycles. The standard InChI is InChI=1S/C9H14N4O3S/c1-9(8(10)14)3-5-13(6-9)17(15,16)7-2-4-11-12-7/h2,4H,3,5-6H2,1H3,(H2,10,14)(H,11,12). The van der Waals surface area contributed by atoms with E-state index < -0.39 is 21.3 Å². The van der Waals surface area contributed by atoms with E-state index in [4.69, 9.17) is 5.73 Å². The van der Waals surface area contributed by atoms with Gasteiger partial charge in [-0.05, 0) is 19.4 Å². The molecule has 3 N–H and O–H groups in total. The van der Waals surface area contributed by atoms with Crippen LogP contribution in [0, 0.1) is 5.41 Å². The van der Waals surface area contributed by atoms with Crippen molar-refractivity contribution in [2.75, 3.05) is 13.1 Å². The second-order valence-corrected chi connectivity index (χ2v) is 6.34. The van der Waals surface area contributed by atoms with Crippen LogP contribution < -0.4 is 5.73 Å². The van der Waals surface area contributed by atoms with Crippen LogP contribution in [0.2, 0.25) is 0 Å². The number of carbonyl (C=O) groups is 1.